The Balaban J connectivity index is 1.49. The fourth-order valence-electron chi connectivity index (χ4n) is 3.79. The van der Waals surface area contributed by atoms with E-state index in [4.69, 9.17) is 4.74 Å². The van der Waals surface area contributed by atoms with Gasteiger partial charge in [-0.2, -0.15) is 0 Å². The minimum Gasteiger partial charge on any atom is -0.372 e. The number of hydrogen-bond donors (Lipinski definition) is 1. The average Bonchev–Trinajstić information content (AvgIpc) is 3.15. The summed E-state index contributed by atoms with van der Waals surface area (Å²) in [7, 11) is 0. The molecule has 1 saturated heterocycles. The number of carbonyl (C=O) groups excluding carboxylic acids is 2. The number of nitrogens with one attached hydrogen (secondary N) is 1. The molecular formula is C17H26N4O4. The van der Waals surface area contributed by atoms with E-state index in [1.165, 1.54) is 0 Å². The molecule has 2 heterocycles. The van der Waals surface area contributed by atoms with E-state index >= 15 is 0 Å². The highest BCUT2D eigenvalue weighted by atomic mass is 16.6. The van der Waals surface area contributed by atoms with Crippen molar-refractivity contribution >= 4 is 11.8 Å². The van der Waals surface area contributed by atoms with Gasteiger partial charge in [-0.15, -0.1) is 0 Å². The first-order valence-corrected chi connectivity index (χ1v) is 8.94. The lowest BCUT2D eigenvalue weighted by Crippen LogP contribution is -2.50. The number of rotatable bonds is 4. The van der Waals surface area contributed by atoms with E-state index in [-0.39, 0.29) is 42.4 Å². The largest absolute Gasteiger partial charge is 0.372 e. The van der Waals surface area contributed by atoms with E-state index in [1.807, 2.05) is 18.7 Å². The molecule has 0 radical (unpaired) electrons. The molecule has 8 heteroatoms. The number of amides is 2. The van der Waals surface area contributed by atoms with Crippen LogP contribution in [0.15, 0.2) is 4.63 Å². The molecule has 138 valence electrons. The van der Waals surface area contributed by atoms with E-state index in [0.29, 0.717) is 30.9 Å². The smallest absolute Gasteiger partial charge is 0.226 e. The molecule has 0 spiro atoms. The first kappa shape index (κ1) is 17.8. The van der Waals surface area contributed by atoms with Crippen molar-refractivity contribution in [3.63, 3.8) is 0 Å². The molecule has 0 bridgehead atoms. The fourth-order valence-corrected chi connectivity index (χ4v) is 3.79. The van der Waals surface area contributed by atoms with Gasteiger partial charge in [0.15, 0.2) is 0 Å². The summed E-state index contributed by atoms with van der Waals surface area (Å²) >= 11 is 0. The highest BCUT2D eigenvalue weighted by Gasteiger charge is 2.35. The van der Waals surface area contributed by atoms with Crippen molar-refractivity contribution < 1.29 is 19.0 Å². The Morgan fingerprint density at radius 1 is 1.20 bits per heavy atom. The third kappa shape index (κ3) is 4.36. The van der Waals surface area contributed by atoms with Gasteiger partial charge in [0.05, 0.1) is 18.6 Å². The van der Waals surface area contributed by atoms with Crippen LogP contribution in [-0.2, 0) is 20.7 Å². The lowest BCUT2D eigenvalue weighted by Gasteiger charge is -2.36. The van der Waals surface area contributed by atoms with Gasteiger partial charge in [0.1, 0.15) is 11.4 Å². The van der Waals surface area contributed by atoms with Gasteiger partial charge in [0, 0.05) is 25.0 Å². The topological polar surface area (TPSA) is 97.6 Å². The van der Waals surface area contributed by atoms with Crippen LogP contribution in [0, 0.1) is 12.8 Å². The van der Waals surface area contributed by atoms with Crippen LogP contribution in [0.5, 0.6) is 0 Å². The number of nitrogens with zero attached hydrogens (tertiary/aromatic N) is 3. The Morgan fingerprint density at radius 3 is 2.56 bits per heavy atom. The number of ether oxygens (including phenoxy) is 1. The minimum absolute atomic E-state index is 0.0155. The zero-order valence-corrected chi connectivity index (χ0v) is 15.0. The molecule has 4 unspecified atom stereocenters. The third-order valence-electron chi connectivity index (χ3n) is 4.95. The van der Waals surface area contributed by atoms with Crippen LogP contribution in [0.2, 0.25) is 0 Å². The van der Waals surface area contributed by atoms with E-state index in [9.17, 15) is 9.59 Å². The van der Waals surface area contributed by atoms with Crippen LogP contribution in [0.25, 0.3) is 0 Å². The van der Waals surface area contributed by atoms with Crippen LogP contribution < -0.4 is 5.32 Å². The van der Waals surface area contributed by atoms with Crippen LogP contribution in [0.3, 0.4) is 0 Å². The van der Waals surface area contributed by atoms with Crippen molar-refractivity contribution in [2.45, 2.75) is 64.7 Å². The quantitative estimate of drug-likeness (QED) is 0.864. The highest BCUT2D eigenvalue weighted by molar-refractivity contribution is 5.81. The van der Waals surface area contributed by atoms with E-state index < -0.39 is 0 Å². The predicted molar refractivity (Wildman–Crippen MR) is 88.6 cm³/mol. The molecule has 2 aliphatic rings. The molecule has 8 nitrogen and oxygen atoms in total. The highest BCUT2D eigenvalue weighted by Crippen LogP contribution is 2.28. The molecule has 1 N–H and O–H groups in total. The SMILES string of the molecule is Cc1nonc1CC(=O)NC1CCC(C(=O)N2CC(C)OC(C)C2)C1. The van der Waals surface area contributed by atoms with E-state index in [2.05, 4.69) is 20.3 Å². The van der Waals surface area contributed by atoms with Crippen LogP contribution in [0.4, 0.5) is 0 Å². The number of aryl methyl sites for hydroxylation is 1. The van der Waals surface area contributed by atoms with Crippen molar-refractivity contribution in [3.05, 3.63) is 11.4 Å². The predicted octanol–water partition coefficient (Wildman–Crippen LogP) is 0.841. The van der Waals surface area contributed by atoms with Crippen LogP contribution >= 0.6 is 0 Å². The van der Waals surface area contributed by atoms with Crippen molar-refractivity contribution in [1.82, 2.24) is 20.5 Å². The summed E-state index contributed by atoms with van der Waals surface area (Å²) in [5.74, 6) is 0.0686. The maximum absolute atomic E-state index is 12.8. The Morgan fingerprint density at radius 2 is 1.92 bits per heavy atom. The fraction of sp³-hybridized carbons (Fsp3) is 0.765. The molecule has 1 aliphatic heterocycles. The van der Waals surface area contributed by atoms with E-state index in [1.54, 1.807) is 6.92 Å². The first-order valence-electron chi connectivity index (χ1n) is 8.94. The van der Waals surface area contributed by atoms with Gasteiger partial charge in [-0.3, -0.25) is 9.59 Å². The third-order valence-corrected chi connectivity index (χ3v) is 4.95. The number of hydrogen-bond acceptors (Lipinski definition) is 6. The summed E-state index contributed by atoms with van der Waals surface area (Å²) in [4.78, 5) is 26.8. The number of carbonyl (C=O) groups is 2. The molecule has 0 aromatic carbocycles. The van der Waals surface area contributed by atoms with Crippen molar-refractivity contribution in [3.8, 4) is 0 Å². The lowest BCUT2D eigenvalue weighted by molar-refractivity contribution is -0.147. The summed E-state index contributed by atoms with van der Waals surface area (Å²) in [6.07, 6.45) is 2.64. The number of morpholine rings is 1. The van der Waals surface area contributed by atoms with Gasteiger partial charge < -0.3 is 15.0 Å². The Hall–Kier alpha value is -1.96. The monoisotopic (exact) mass is 350 g/mol. The second-order valence-electron chi connectivity index (χ2n) is 7.25. The molecule has 1 aromatic rings. The molecule has 2 amide bonds. The molecular weight excluding hydrogens is 324 g/mol. The van der Waals surface area contributed by atoms with Gasteiger partial charge in [-0.1, -0.05) is 10.3 Å². The molecule has 4 atom stereocenters. The van der Waals surface area contributed by atoms with E-state index in [0.717, 1.165) is 12.8 Å². The molecule has 3 rings (SSSR count). The average molecular weight is 350 g/mol. The first-order chi connectivity index (χ1) is 11.9. The zero-order chi connectivity index (χ0) is 18.0. The Bertz CT molecular complexity index is 622. The van der Waals surface area contributed by atoms with Crippen molar-refractivity contribution in [2.75, 3.05) is 13.1 Å². The van der Waals surface area contributed by atoms with Gasteiger partial charge in [-0.05, 0) is 40.0 Å². The van der Waals surface area contributed by atoms with Crippen molar-refractivity contribution in [1.29, 1.82) is 0 Å². The molecule has 2 fully saturated rings. The minimum atomic E-state index is -0.106. The molecule has 1 aliphatic carbocycles. The molecule has 1 saturated carbocycles. The summed E-state index contributed by atoms with van der Waals surface area (Å²) in [5, 5.41) is 10.4. The maximum Gasteiger partial charge on any atom is 0.226 e. The Kier molecular flexibility index (Phi) is 5.36. The summed E-state index contributed by atoms with van der Waals surface area (Å²) < 4.78 is 10.3. The Labute approximate surface area is 147 Å². The summed E-state index contributed by atoms with van der Waals surface area (Å²) in [6, 6.07) is 0.0394. The van der Waals surface area contributed by atoms with Gasteiger partial charge >= 0.3 is 0 Å². The molecule has 1 aromatic heterocycles. The summed E-state index contributed by atoms with van der Waals surface area (Å²) in [6.45, 7) is 7.04. The summed E-state index contributed by atoms with van der Waals surface area (Å²) in [5.41, 5.74) is 1.18. The van der Waals surface area contributed by atoms with Gasteiger partial charge in [0.25, 0.3) is 0 Å². The standard InChI is InChI=1S/C17H26N4O4/c1-10-8-21(9-11(2)24-10)17(23)13-4-5-14(6-13)18-16(22)7-15-12(3)19-25-20-15/h10-11,13-14H,4-9H2,1-3H3,(H,18,22). The number of aromatic nitrogens is 2. The lowest BCUT2D eigenvalue weighted by atomic mass is 10.0. The maximum atomic E-state index is 12.8. The second kappa shape index (κ2) is 7.51. The molecule has 25 heavy (non-hydrogen) atoms. The van der Waals surface area contributed by atoms with Gasteiger partial charge in [0.2, 0.25) is 11.8 Å². The van der Waals surface area contributed by atoms with Crippen LogP contribution in [0.1, 0.15) is 44.5 Å². The zero-order valence-electron chi connectivity index (χ0n) is 15.0. The van der Waals surface area contributed by atoms with Crippen molar-refractivity contribution in [2.24, 2.45) is 5.92 Å². The van der Waals surface area contributed by atoms with Gasteiger partial charge in [-0.25, -0.2) is 4.63 Å². The normalized spacial score (nSPS) is 29.6. The van der Waals surface area contributed by atoms with Crippen LogP contribution in [-0.4, -0.2) is 58.4 Å². The second-order valence-corrected chi connectivity index (χ2v) is 7.25.